The molecule has 0 spiro atoms. The third-order valence-electron chi connectivity index (χ3n) is 2.90. The highest BCUT2D eigenvalue weighted by Crippen LogP contribution is 2.09. The Hall–Kier alpha value is -1.44. The Kier molecular flexibility index (Phi) is 6.12. The second kappa shape index (κ2) is 7.37. The molecule has 20 heavy (non-hydrogen) atoms. The molecule has 0 aliphatic rings. The van der Waals surface area contributed by atoms with Crippen LogP contribution in [0.5, 0.6) is 0 Å². The summed E-state index contributed by atoms with van der Waals surface area (Å²) in [7, 11) is -3.73. The van der Waals surface area contributed by atoms with Gasteiger partial charge in [-0.2, -0.15) is 0 Å². The van der Waals surface area contributed by atoms with E-state index in [0.29, 0.717) is 12.0 Å². The molecule has 1 aromatic rings. The molecular formula is C13H21N3O3S. The Bertz CT molecular complexity index is 558. The van der Waals surface area contributed by atoms with Crippen molar-refractivity contribution < 1.29 is 13.2 Å². The van der Waals surface area contributed by atoms with E-state index in [1.165, 1.54) is 12.1 Å². The molecule has 6 nitrogen and oxygen atoms in total. The first-order chi connectivity index (χ1) is 9.34. The predicted molar refractivity (Wildman–Crippen MR) is 77.2 cm³/mol. The van der Waals surface area contributed by atoms with Crippen molar-refractivity contribution in [3.63, 3.8) is 0 Å². The SMILES string of the molecule is CCCC[C@H](N)C(=O)NCc1cccc(S(N)(=O)=O)c1. The molecule has 112 valence electrons. The lowest BCUT2D eigenvalue weighted by Gasteiger charge is -2.12. The van der Waals surface area contributed by atoms with Crippen LogP contribution in [0.4, 0.5) is 0 Å². The lowest BCUT2D eigenvalue weighted by Crippen LogP contribution is -2.40. The van der Waals surface area contributed by atoms with Gasteiger partial charge in [0.2, 0.25) is 15.9 Å². The molecule has 0 saturated carbocycles. The molecule has 0 unspecified atom stereocenters. The van der Waals surface area contributed by atoms with Crippen molar-refractivity contribution in [1.29, 1.82) is 0 Å². The van der Waals surface area contributed by atoms with Crippen LogP contribution in [0, 0.1) is 0 Å². The van der Waals surface area contributed by atoms with Gasteiger partial charge in [-0.3, -0.25) is 4.79 Å². The number of carbonyl (C=O) groups is 1. The summed E-state index contributed by atoms with van der Waals surface area (Å²) in [6, 6.07) is 5.61. The van der Waals surface area contributed by atoms with Gasteiger partial charge in [0, 0.05) is 6.54 Å². The van der Waals surface area contributed by atoms with Crippen LogP contribution in [0.1, 0.15) is 31.7 Å². The molecule has 5 N–H and O–H groups in total. The van der Waals surface area contributed by atoms with Crippen LogP contribution in [0.2, 0.25) is 0 Å². The summed E-state index contributed by atoms with van der Waals surface area (Å²) in [5, 5.41) is 7.74. The highest BCUT2D eigenvalue weighted by Gasteiger charge is 2.13. The van der Waals surface area contributed by atoms with E-state index in [0.717, 1.165) is 12.8 Å². The summed E-state index contributed by atoms with van der Waals surface area (Å²) >= 11 is 0. The van der Waals surface area contributed by atoms with Gasteiger partial charge in [-0.25, -0.2) is 13.6 Å². The van der Waals surface area contributed by atoms with Gasteiger partial charge >= 0.3 is 0 Å². The zero-order valence-corrected chi connectivity index (χ0v) is 12.3. The monoisotopic (exact) mass is 299 g/mol. The summed E-state index contributed by atoms with van der Waals surface area (Å²) < 4.78 is 22.4. The maximum absolute atomic E-state index is 11.7. The minimum absolute atomic E-state index is 0.0273. The number of unbranched alkanes of at least 4 members (excludes halogenated alkanes) is 1. The zero-order valence-electron chi connectivity index (χ0n) is 11.5. The molecule has 1 rings (SSSR count). The fraction of sp³-hybridized carbons (Fsp3) is 0.462. The lowest BCUT2D eigenvalue weighted by molar-refractivity contribution is -0.122. The standard InChI is InChI=1S/C13H21N3O3S/c1-2-3-7-12(14)13(17)16-9-10-5-4-6-11(8-10)20(15,18)19/h4-6,8,12H,2-3,7,9,14H2,1H3,(H,16,17)(H2,15,18,19)/t12-/m0/s1. The minimum atomic E-state index is -3.73. The number of primary sulfonamides is 1. The van der Waals surface area contributed by atoms with Crippen molar-refractivity contribution in [3.8, 4) is 0 Å². The predicted octanol–water partition coefficient (Wildman–Crippen LogP) is 0.468. The number of hydrogen-bond acceptors (Lipinski definition) is 4. The summed E-state index contributed by atoms with van der Waals surface area (Å²) in [6.45, 7) is 2.26. The number of rotatable bonds is 7. The number of nitrogens with one attached hydrogen (secondary N) is 1. The summed E-state index contributed by atoms with van der Waals surface area (Å²) in [4.78, 5) is 11.8. The zero-order chi connectivity index (χ0) is 15.2. The van der Waals surface area contributed by atoms with Crippen molar-refractivity contribution >= 4 is 15.9 Å². The maximum atomic E-state index is 11.7. The fourth-order valence-electron chi connectivity index (χ4n) is 1.71. The molecule has 0 heterocycles. The van der Waals surface area contributed by atoms with Gasteiger partial charge < -0.3 is 11.1 Å². The summed E-state index contributed by atoms with van der Waals surface area (Å²) in [5.41, 5.74) is 6.40. The third kappa shape index (κ3) is 5.28. The van der Waals surface area contributed by atoms with Gasteiger partial charge in [-0.15, -0.1) is 0 Å². The quantitative estimate of drug-likeness (QED) is 0.678. The van der Waals surface area contributed by atoms with Gasteiger partial charge in [0.25, 0.3) is 0 Å². The molecule has 7 heteroatoms. The van der Waals surface area contributed by atoms with E-state index in [9.17, 15) is 13.2 Å². The van der Waals surface area contributed by atoms with Crippen molar-refractivity contribution in [2.24, 2.45) is 10.9 Å². The Morgan fingerprint density at radius 1 is 1.40 bits per heavy atom. The van der Waals surface area contributed by atoms with Crippen molar-refractivity contribution in [2.75, 3.05) is 0 Å². The fourth-order valence-corrected chi connectivity index (χ4v) is 2.29. The molecule has 1 atom stereocenters. The van der Waals surface area contributed by atoms with Crippen LogP contribution in [0.15, 0.2) is 29.2 Å². The van der Waals surface area contributed by atoms with Crippen LogP contribution in [0.3, 0.4) is 0 Å². The summed E-state index contributed by atoms with van der Waals surface area (Å²) in [6.07, 6.45) is 2.52. The van der Waals surface area contributed by atoms with E-state index in [-0.39, 0.29) is 17.3 Å². The van der Waals surface area contributed by atoms with Crippen LogP contribution < -0.4 is 16.2 Å². The third-order valence-corrected chi connectivity index (χ3v) is 3.81. The molecule has 0 radical (unpaired) electrons. The minimum Gasteiger partial charge on any atom is -0.351 e. The molecule has 0 fully saturated rings. The van der Waals surface area contributed by atoms with E-state index in [1.54, 1.807) is 12.1 Å². The molecule has 0 aromatic heterocycles. The van der Waals surface area contributed by atoms with E-state index in [1.807, 2.05) is 6.92 Å². The highest BCUT2D eigenvalue weighted by atomic mass is 32.2. The van der Waals surface area contributed by atoms with E-state index in [4.69, 9.17) is 10.9 Å². The van der Waals surface area contributed by atoms with Crippen LogP contribution in [0.25, 0.3) is 0 Å². The number of hydrogen-bond donors (Lipinski definition) is 3. The Morgan fingerprint density at radius 2 is 2.10 bits per heavy atom. The first-order valence-corrected chi connectivity index (χ1v) is 8.04. The topological polar surface area (TPSA) is 115 Å². The smallest absolute Gasteiger partial charge is 0.238 e. The molecule has 0 bridgehead atoms. The molecule has 1 amide bonds. The van der Waals surface area contributed by atoms with E-state index >= 15 is 0 Å². The van der Waals surface area contributed by atoms with Crippen LogP contribution in [-0.4, -0.2) is 20.4 Å². The van der Waals surface area contributed by atoms with Crippen molar-refractivity contribution in [2.45, 2.75) is 43.7 Å². The number of sulfonamides is 1. The normalized spacial score (nSPS) is 12.9. The van der Waals surface area contributed by atoms with Crippen molar-refractivity contribution in [1.82, 2.24) is 5.32 Å². The molecular weight excluding hydrogens is 278 g/mol. The lowest BCUT2D eigenvalue weighted by atomic mass is 10.1. The van der Waals surface area contributed by atoms with Gasteiger partial charge in [0.1, 0.15) is 0 Å². The molecule has 0 aliphatic carbocycles. The van der Waals surface area contributed by atoms with Gasteiger partial charge in [0.05, 0.1) is 10.9 Å². The average molecular weight is 299 g/mol. The van der Waals surface area contributed by atoms with Crippen LogP contribution in [-0.2, 0) is 21.4 Å². The molecule has 0 saturated heterocycles. The second-order valence-electron chi connectivity index (χ2n) is 4.66. The second-order valence-corrected chi connectivity index (χ2v) is 6.22. The Labute approximate surface area is 119 Å². The number of amides is 1. The van der Waals surface area contributed by atoms with Crippen LogP contribution >= 0.6 is 0 Å². The first-order valence-electron chi connectivity index (χ1n) is 6.49. The average Bonchev–Trinajstić information content (AvgIpc) is 2.41. The first kappa shape index (κ1) is 16.6. The molecule has 1 aromatic carbocycles. The highest BCUT2D eigenvalue weighted by molar-refractivity contribution is 7.89. The Morgan fingerprint density at radius 3 is 2.70 bits per heavy atom. The number of nitrogens with two attached hydrogens (primary N) is 2. The number of carbonyl (C=O) groups excluding carboxylic acids is 1. The maximum Gasteiger partial charge on any atom is 0.238 e. The summed E-state index contributed by atoms with van der Waals surface area (Å²) in [5.74, 6) is -0.237. The number of benzene rings is 1. The van der Waals surface area contributed by atoms with Gasteiger partial charge in [-0.1, -0.05) is 31.9 Å². The molecule has 0 aliphatic heterocycles. The largest absolute Gasteiger partial charge is 0.351 e. The Balaban J connectivity index is 2.60. The van der Waals surface area contributed by atoms with Gasteiger partial charge in [-0.05, 0) is 24.1 Å². The van der Waals surface area contributed by atoms with E-state index in [2.05, 4.69) is 5.32 Å². The van der Waals surface area contributed by atoms with Gasteiger partial charge in [0.15, 0.2) is 0 Å². The van der Waals surface area contributed by atoms with E-state index < -0.39 is 16.1 Å². The van der Waals surface area contributed by atoms with Crippen molar-refractivity contribution in [3.05, 3.63) is 29.8 Å².